The highest BCUT2D eigenvalue weighted by atomic mass is 16.5. The van der Waals surface area contributed by atoms with Gasteiger partial charge >= 0.3 is 5.97 Å². The van der Waals surface area contributed by atoms with Gasteiger partial charge in [-0.25, -0.2) is 4.98 Å². The number of fused-ring (bicyclic) bond motifs is 2. The Kier molecular flexibility index (Phi) is 3.08. The number of ether oxygens (including phenoxy) is 1. The molecular weight excluding hydrogens is 268 g/mol. The number of aromatic nitrogens is 2. The van der Waals surface area contributed by atoms with Gasteiger partial charge in [-0.3, -0.25) is 14.2 Å². The smallest absolute Gasteiger partial charge is 0.309 e. The maximum Gasteiger partial charge on any atom is 0.309 e. The molecule has 3 rings (SSSR count). The second kappa shape index (κ2) is 4.69. The summed E-state index contributed by atoms with van der Waals surface area (Å²) < 4.78 is 6.43. The van der Waals surface area contributed by atoms with Crippen LogP contribution in [0.5, 0.6) is 0 Å². The van der Waals surface area contributed by atoms with Gasteiger partial charge in [0.15, 0.2) is 0 Å². The van der Waals surface area contributed by atoms with Crippen molar-refractivity contribution in [2.45, 2.75) is 33.2 Å². The lowest BCUT2D eigenvalue weighted by Gasteiger charge is -2.13. The maximum absolute atomic E-state index is 12.5. The maximum atomic E-state index is 12.5. The molecule has 0 aliphatic carbocycles. The van der Waals surface area contributed by atoms with Crippen LogP contribution in [0, 0.1) is 5.41 Å². The fourth-order valence-electron chi connectivity index (χ4n) is 2.87. The molecule has 110 valence electrons. The Morgan fingerprint density at radius 2 is 2.19 bits per heavy atom. The fraction of sp³-hybridized carbons (Fsp3) is 0.438. The van der Waals surface area contributed by atoms with Crippen molar-refractivity contribution >= 4 is 16.9 Å². The first-order valence-corrected chi connectivity index (χ1v) is 6.99. The predicted molar refractivity (Wildman–Crippen MR) is 79.2 cm³/mol. The van der Waals surface area contributed by atoms with E-state index in [0.29, 0.717) is 17.4 Å². The van der Waals surface area contributed by atoms with Gasteiger partial charge in [0.05, 0.1) is 24.4 Å². The van der Waals surface area contributed by atoms with E-state index in [9.17, 15) is 9.59 Å². The molecule has 2 aromatic rings. The summed E-state index contributed by atoms with van der Waals surface area (Å²) in [5.74, 6) is 0.529. The molecule has 1 aromatic heterocycles. The Morgan fingerprint density at radius 1 is 1.43 bits per heavy atom. The number of carbonyl (C=O) groups is 1. The van der Waals surface area contributed by atoms with Gasteiger partial charge in [-0.2, -0.15) is 0 Å². The minimum atomic E-state index is -0.298. The Labute approximate surface area is 122 Å². The average Bonchev–Trinajstić information content (AvgIpc) is 2.73. The Bertz CT molecular complexity index is 790. The van der Waals surface area contributed by atoms with Gasteiger partial charge in [0.2, 0.25) is 0 Å². The first-order valence-electron chi connectivity index (χ1n) is 6.99. The second-order valence-electron chi connectivity index (χ2n) is 6.36. The highest BCUT2D eigenvalue weighted by Crippen LogP contribution is 2.29. The van der Waals surface area contributed by atoms with Crippen LogP contribution in [-0.4, -0.2) is 22.6 Å². The van der Waals surface area contributed by atoms with Gasteiger partial charge in [-0.15, -0.1) is 0 Å². The van der Waals surface area contributed by atoms with Crippen molar-refractivity contribution in [3.05, 3.63) is 39.9 Å². The molecule has 21 heavy (non-hydrogen) atoms. The zero-order chi connectivity index (χ0) is 15.2. The summed E-state index contributed by atoms with van der Waals surface area (Å²) in [6.07, 6.45) is 0.984. The highest BCUT2D eigenvalue weighted by Gasteiger charge is 2.30. The average molecular weight is 286 g/mol. The third-order valence-corrected chi connectivity index (χ3v) is 3.90. The molecule has 1 aliphatic heterocycles. The first kappa shape index (κ1) is 13.8. The van der Waals surface area contributed by atoms with Gasteiger partial charge in [0.1, 0.15) is 5.82 Å². The molecular formula is C16H18N2O3. The summed E-state index contributed by atoms with van der Waals surface area (Å²) in [5.41, 5.74) is 1.53. The molecule has 0 saturated carbocycles. The van der Waals surface area contributed by atoms with Gasteiger partial charge in [-0.05, 0) is 23.1 Å². The van der Waals surface area contributed by atoms with E-state index < -0.39 is 0 Å². The van der Waals surface area contributed by atoms with Crippen LogP contribution in [0.3, 0.4) is 0 Å². The van der Waals surface area contributed by atoms with Crippen LogP contribution in [0.2, 0.25) is 0 Å². The lowest BCUT2D eigenvalue weighted by molar-refractivity contribution is -0.139. The number of hydrogen-bond donors (Lipinski definition) is 0. The molecule has 0 N–H and O–H groups in total. The summed E-state index contributed by atoms with van der Waals surface area (Å²) in [7, 11) is 1.36. The molecule has 1 aromatic carbocycles. The number of methoxy groups -OCH3 is 1. The lowest BCUT2D eigenvalue weighted by atomic mass is 9.92. The normalized spacial score (nSPS) is 16.0. The Morgan fingerprint density at radius 3 is 2.90 bits per heavy atom. The molecule has 5 heteroatoms. The van der Waals surface area contributed by atoms with Gasteiger partial charge in [0.25, 0.3) is 5.56 Å². The van der Waals surface area contributed by atoms with Crippen molar-refractivity contribution < 1.29 is 9.53 Å². The monoisotopic (exact) mass is 286 g/mol. The molecule has 0 radical (unpaired) electrons. The quantitative estimate of drug-likeness (QED) is 0.788. The zero-order valence-corrected chi connectivity index (χ0v) is 12.5. The van der Waals surface area contributed by atoms with Crippen LogP contribution in [-0.2, 0) is 28.9 Å². The largest absolute Gasteiger partial charge is 0.469 e. The Hall–Kier alpha value is -2.17. The van der Waals surface area contributed by atoms with Gasteiger partial charge in [-0.1, -0.05) is 19.9 Å². The molecule has 5 nitrogen and oxygen atoms in total. The van der Waals surface area contributed by atoms with E-state index in [2.05, 4.69) is 23.6 Å². The van der Waals surface area contributed by atoms with Crippen LogP contribution in [0.1, 0.15) is 25.2 Å². The van der Waals surface area contributed by atoms with E-state index >= 15 is 0 Å². The topological polar surface area (TPSA) is 61.2 Å². The van der Waals surface area contributed by atoms with Crippen LogP contribution in [0.4, 0.5) is 0 Å². The number of benzene rings is 1. The zero-order valence-electron chi connectivity index (χ0n) is 12.5. The number of hydrogen-bond acceptors (Lipinski definition) is 4. The van der Waals surface area contributed by atoms with Gasteiger partial charge < -0.3 is 4.74 Å². The minimum Gasteiger partial charge on any atom is -0.469 e. The summed E-state index contributed by atoms with van der Waals surface area (Å²) in [4.78, 5) is 28.5. The predicted octanol–water partition coefficient (Wildman–Crippen LogP) is 1.69. The fourth-order valence-corrected chi connectivity index (χ4v) is 2.87. The van der Waals surface area contributed by atoms with Crippen molar-refractivity contribution in [2.75, 3.05) is 7.11 Å². The first-order chi connectivity index (χ1) is 9.89. The molecule has 0 saturated heterocycles. The SMILES string of the molecule is COC(=O)Cc1ccc2c(=O)n3c(nc2c1)CC(C)(C)C3. The number of carbonyl (C=O) groups excluding carboxylic acids is 1. The van der Waals surface area contributed by atoms with Crippen LogP contribution >= 0.6 is 0 Å². The number of nitrogens with zero attached hydrogens (tertiary/aromatic N) is 2. The van der Waals surface area contributed by atoms with E-state index in [4.69, 9.17) is 0 Å². The van der Waals surface area contributed by atoms with Crippen LogP contribution in [0.25, 0.3) is 10.9 Å². The highest BCUT2D eigenvalue weighted by molar-refractivity contribution is 5.80. The Balaban J connectivity index is 2.10. The van der Waals surface area contributed by atoms with Crippen molar-refractivity contribution in [3.63, 3.8) is 0 Å². The summed E-state index contributed by atoms with van der Waals surface area (Å²) >= 11 is 0. The second-order valence-corrected chi connectivity index (χ2v) is 6.36. The molecule has 0 fully saturated rings. The molecule has 0 amide bonds. The molecule has 0 atom stereocenters. The minimum absolute atomic E-state index is 0.00481. The van der Waals surface area contributed by atoms with E-state index in [1.54, 1.807) is 22.8 Å². The third kappa shape index (κ3) is 2.44. The summed E-state index contributed by atoms with van der Waals surface area (Å²) in [6, 6.07) is 5.34. The van der Waals surface area contributed by atoms with E-state index in [1.807, 2.05) is 0 Å². The number of esters is 1. The summed E-state index contributed by atoms with van der Waals surface area (Å²) in [5, 5.41) is 0.602. The van der Waals surface area contributed by atoms with Crippen molar-refractivity contribution in [3.8, 4) is 0 Å². The van der Waals surface area contributed by atoms with Crippen molar-refractivity contribution in [2.24, 2.45) is 5.41 Å². The van der Waals surface area contributed by atoms with Crippen molar-refractivity contribution in [1.82, 2.24) is 9.55 Å². The number of rotatable bonds is 2. The molecule has 0 bridgehead atoms. The standard InChI is InChI=1S/C16H18N2O3/c1-16(2)8-13-17-12-6-10(7-14(19)21-3)4-5-11(12)15(20)18(13)9-16/h4-6H,7-9H2,1-3H3. The van der Waals surface area contributed by atoms with E-state index in [0.717, 1.165) is 17.8 Å². The van der Waals surface area contributed by atoms with Crippen LogP contribution in [0.15, 0.2) is 23.0 Å². The molecule has 1 aliphatic rings. The van der Waals surface area contributed by atoms with Gasteiger partial charge in [0, 0.05) is 13.0 Å². The van der Waals surface area contributed by atoms with Crippen molar-refractivity contribution in [1.29, 1.82) is 0 Å². The summed E-state index contributed by atoms with van der Waals surface area (Å²) in [6.45, 7) is 4.97. The van der Waals surface area contributed by atoms with E-state index in [1.165, 1.54) is 7.11 Å². The lowest BCUT2D eigenvalue weighted by Crippen LogP contribution is -2.23. The third-order valence-electron chi connectivity index (χ3n) is 3.90. The van der Waals surface area contributed by atoms with E-state index in [-0.39, 0.29) is 23.4 Å². The van der Waals surface area contributed by atoms with Crippen LogP contribution < -0.4 is 5.56 Å². The molecule has 0 spiro atoms. The molecule has 2 heterocycles. The molecule has 0 unspecified atom stereocenters.